The summed E-state index contributed by atoms with van der Waals surface area (Å²) < 4.78 is 0. The van der Waals surface area contributed by atoms with Gasteiger partial charge < -0.3 is 0 Å². The van der Waals surface area contributed by atoms with Crippen LogP contribution >= 0.6 is 0 Å². The largest absolute Gasteiger partial charge is 0.291 e. The average Bonchev–Trinajstić information content (AvgIpc) is 2.54. The Kier molecular flexibility index (Phi) is 5.54. The van der Waals surface area contributed by atoms with Crippen molar-refractivity contribution in [2.24, 2.45) is 5.92 Å². The molecular formula is C19H22N2. The van der Waals surface area contributed by atoms with E-state index in [-0.39, 0.29) is 12.0 Å². The molecular weight excluding hydrogens is 256 g/mol. The van der Waals surface area contributed by atoms with Crippen molar-refractivity contribution in [2.75, 3.05) is 0 Å². The number of benzene rings is 2. The Morgan fingerprint density at radius 3 is 1.67 bits per heavy atom. The van der Waals surface area contributed by atoms with Crippen molar-refractivity contribution in [1.82, 2.24) is 4.90 Å². The summed E-state index contributed by atoms with van der Waals surface area (Å²) in [6.07, 6.45) is 0. The fourth-order valence-corrected chi connectivity index (χ4v) is 2.40. The van der Waals surface area contributed by atoms with Gasteiger partial charge in [0.15, 0.2) is 0 Å². The molecule has 0 aliphatic rings. The van der Waals surface area contributed by atoms with Crippen molar-refractivity contribution in [1.29, 1.82) is 5.26 Å². The van der Waals surface area contributed by atoms with Gasteiger partial charge in [0.05, 0.1) is 12.0 Å². The van der Waals surface area contributed by atoms with Crippen LogP contribution in [0.3, 0.4) is 0 Å². The first kappa shape index (κ1) is 15.3. The lowest BCUT2D eigenvalue weighted by Crippen LogP contribution is -2.36. The van der Waals surface area contributed by atoms with Crippen LogP contribution in [0.4, 0.5) is 0 Å². The summed E-state index contributed by atoms with van der Waals surface area (Å²) in [6.45, 7) is 5.86. The number of nitriles is 1. The molecule has 0 aliphatic heterocycles. The molecule has 21 heavy (non-hydrogen) atoms. The van der Waals surface area contributed by atoms with Gasteiger partial charge in [-0.25, -0.2) is 0 Å². The molecule has 0 aliphatic carbocycles. The summed E-state index contributed by atoms with van der Waals surface area (Å²) >= 11 is 0. The van der Waals surface area contributed by atoms with Crippen molar-refractivity contribution < 1.29 is 0 Å². The molecule has 0 aromatic heterocycles. The molecule has 0 radical (unpaired) electrons. The topological polar surface area (TPSA) is 27.0 Å². The first-order valence-corrected chi connectivity index (χ1v) is 7.42. The third-order valence-electron chi connectivity index (χ3n) is 3.96. The van der Waals surface area contributed by atoms with Crippen LogP contribution < -0.4 is 0 Å². The third-order valence-corrected chi connectivity index (χ3v) is 3.96. The Hall–Kier alpha value is -2.11. The fraction of sp³-hybridized carbons (Fsp3) is 0.316. The van der Waals surface area contributed by atoms with Crippen molar-refractivity contribution >= 4 is 0 Å². The van der Waals surface area contributed by atoms with E-state index in [1.54, 1.807) is 0 Å². The lowest BCUT2D eigenvalue weighted by atomic mass is 10.0. The fourth-order valence-electron chi connectivity index (χ4n) is 2.40. The summed E-state index contributed by atoms with van der Waals surface area (Å²) in [4.78, 5) is 2.37. The van der Waals surface area contributed by atoms with Gasteiger partial charge in [-0.3, -0.25) is 4.90 Å². The van der Waals surface area contributed by atoms with Gasteiger partial charge in [0.1, 0.15) is 0 Å². The minimum atomic E-state index is 0.0115. The standard InChI is InChI=1S/C19H22N2/c1-16(13-20)17(2)21(14-18-9-5-3-6-10-18)15-19-11-7-4-8-12-19/h3-12,16-17H,14-15H2,1-2H3/t16-,17-/m0/s1. The Bertz CT molecular complexity index is 530. The highest BCUT2D eigenvalue weighted by Gasteiger charge is 2.20. The molecule has 2 rings (SSSR count). The van der Waals surface area contributed by atoms with Gasteiger partial charge in [-0.15, -0.1) is 0 Å². The van der Waals surface area contributed by atoms with Crippen molar-refractivity contribution in [3.8, 4) is 6.07 Å². The summed E-state index contributed by atoms with van der Waals surface area (Å²) in [7, 11) is 0. The van der Waals surface area contributed by atoms with E-state index in [0.29, 0.717) is 0 Å². The summed E-state index contributed by atoms with van der Waals surface area (Å²) in [5.74, 6) is 0.0115. The lowest BCUT2D eigenvalue weighted by molar-refractivity contribution is 0.163. The van der Waals surface area contributed by atoms with E-state index < -0.39 is 0 Å². The SMILES string of the molecule is C[C@@H](C#N)[C@H](C)N(Cc1ccccc1)Cc1ccccc1. The van der Waals surface area contributed by atoms with E-state index in [1.807, 2.05) is 19.1 Å². The number of hydrogen-bond acceptors (Lipinski definition) is 2. The Morgan fingerprint density at radius 1 is 0.857 bits per heavy atom. The molecule has 0 fully saturated rings. The molecule has 0 N–H and O–H groups in total. The smallest absolute Gasteiger partial charge is 0.0669 e. The van der Waals surface area contributed by atoms with Crippen molar-refractivity contribution in [3.63, 3.8) is 0 Å². The number of rotatable bonds is 6. The van der Waals surface area contributed by atoms with E-state index in [0.717, 1.165) is 13.1 Å². The molecule has 0 unspecified atom stereocenters. The van der Waals surface area contributed by atoms with E-state index in [1.165, 1.54) is 11.1 Å². The second-order valence-corrected chi connectivity index (χ2v) is 5.53. The highest BCUT2D eigenvalue weighted by Crippen LogP contribution is 2.17. The van der Waals surface area contributed by atoms with Gasteiger partial charge in [0.25, 0.3) is 0 Å². The molecule has 2 aromatic rings. The number of hydrogen-bond donors (Lipinski definition) is 0. The predicted octanol–water partition coefficient (Wildman–Crippen LogP) is 4.24. The van der Waals surface area contributed by atoms with Crippen LogP contribution in [0.1, 0.15) is 25.0 Å². The molecule has 108 valence electrons. The van der Waals surface area contributed by atoms with Crippen LogP contribution in [0.2, 0.25) is 0 Å². The van der Waals surface area contributed by atoms with Gasteiger partial charge in [-0.05, 0) is 25.0 Å². The van der Waals surface area contributed by atoms with Gasteiger partial charge in [0.2, 0.25) is 0 Å². The van der Waals surface area contributed by atoms with Gasteiger partial charge in [0, 0.05) is 19.1 Å². The predicted molar refractivity (Wildman–Crippen MR) is 86.4 cm³/mol. The monoisotopic (exact) mass is 278 g/mol. The molecule has 2 atom stereocenters. The lowest BCUT2D eigenvalue weighted by Gasteiger charge is -2.31. The first-order chi connectivity index (χ1) is 10.2. The Balaban J connectivity index is 2.16. The molecule has 0 bridgehead atoms. The molecule has 2 heteroatoms. The zero-order valence-corrected chi connectivity index (χ0v) is 12.7. The van der Waals surface area contributed by atoms with Crippen LogP contribution in [-0.2, 0) is 13.1 Å². The van der Waals surface area contributed by atoms with Crippen LogP contribution in [0.15, 0.2) is 60.7 Å². The maximum absolute atomic E-state index is 9.21. The summed E-state index contributed by atoms with van der Waals surface area (Å²) in [6, 6.07) is 23.5. The van der Waals surface area contributed by atoms with E-state index in [9.17, 15) is 5.26 Å². The highest BCUT2D eigenvalue weighted by molar-refractivity contribution is 5.17. The minimum Gasteiger partial charge on any atom is -0.291 e. The molecule has 0 amide bonds. The van der Waals surface area contributed by atoms with Crippen molar-refractivity contribution in [3.05, 3.63) is 71.8 Å². The molecule has 0 saturated carbocycles. The average molecular weight is 278 g/mol. The zero-order valence-electron chi connectivity index (χ0n) is 12.7. The third kappa shape index (κ3) is 4.44. The van der Waals surface area contributed by atoms with Gasteiger partial charge in [-0.2, -0.15) is 5.26 Å². The normalized spacial score (nSPS) is 13.6. The molecule has 2 nitrogen and oxygen atoms in total. The zero-order chi connectivity index (χ0) is 15.1. The second kappa shape index (κ2) is 7.61. The van der Waals surface area contributed by atoms with Crippen LogP contribution in [-0.4, -0.2) is 10.9 Å². The molecule has 2 aromatic carbocycles. The maximum atomic E-state index is 9.21. The Labute approximate surface area is 127 Å². The van der Waals surface area contributed by atoms with E-state index in [2.05, 4.69) is 66.4 Å². The second-order valence-electron chi connectivity index (χ2n) is 5.53. The Morgan fingerprint density at radius 2 is 1.29 bits per heavy atom. The summed E-state index contributed by atoms with van der Waals surface area (Å²) in [5, 5.41) is 9.21. The first-order valence-electron chi connectivity index (χ1n) is 7.42. The van der Waals surface area contributed by atoms with Crippen molar-refractivity contribution in [2.45, 2.75) is 33.0 Å². The van der Waals surface area contributed by atoms with E-state index >= 15 is 0 Å². The van der Waals surface area contributed by atoms with Gasteiger partial charge in [-0.1, -0.05) is 60.7 Å². The number of nitrogens with zero attached hydrogens (tertiary/aromatic N) is 2. The molecule has 0 saturated heterocycles. The summed E-state index contributed by atoms with van der Waals surface area (Å²) in [5.41, 5.74) is 2.57. The van der Waals surface area contributed by atoms with Crippen LogP contribution in [0.25, 0.3) is 0 Å². The van der Waals surface area contributed by atoms with Gasteiger partial charge >= 0.3 is 0 Å². The molecule has 0 spiro atoms. The van der Waals surface area contributed by atoms with E-state index in [4.69, 9.17) is 0 Å². The highest BCUT2D eigenvalue weighted by atomic mass is 15.1. The van der Waals surface area contributed by atoms with Crippen LogP contribution in [0, 0.1) is 17.2 Å². The maximum Gasteiger partial charge on any atom is 0.0669 e. The van der Waals surface area contributed by atoms with Crippen LogP contribution in [0.5, 0.6) is 0 Å². The molecule has 0 heterocycles. The quantitative estimate of drug-likeness (QED) is 0.790. The minimum absolute atomic E-state index is 0.0115.